The summed E-state index contributed by atoms with van der Waals surface area (Å²) >= 11 is 0. The fourth-order valence-corrected chi connectivity index (χ4v) is 2.98. The smallest absolute Gasteiger partial charge is 0.323 e. The maximum absolute atomic E-state index is 11.2. The summed E-state index contributed by atoms with van der Waals surface area (Å²) in [5.41, 5.74) is 1.50. The lowest BCUT2D eigenvalue weighted by molar-refractivity contribution is 0.201. The van der Waals surface area contributed by atoms with Gasteiger partial charge in [0.1, 0.15) is 0 Å². The highest BCUT2D eigenvalue weighted by molar-refractivity contribution is 6.01. The number of hydrogen-bond acceptors (Lipinski definition) is 5. The van der Waals surface area contributed by atoms with Crippen molar-refractivity contribution in [1.29, 1.82) is 0 Å². The third kappa shape index (κ3) is 3.61. The van der Waals surface area contributed by atoms with Crippen molar-refractivity contribution in [3.63, 3.8) is 0 Å². The summed E-state index contributed by atoms with van der Waals surface area (Å²) in [4.78, 5) is 16.4. The lowest BCUT2D eigenvalue weighted by Gasteiger charge is -2.17. The Hall–Kier alpha value is -2.70. The summed E-state index contributed by atoms with van der Waals surface area (Å²) in [6.45, 7) is 0. The van der Waals surface area contributed by atoms with Gasteiger partial charge in [-0.3, -0.25) is 0 Å². The molecule has 3 N–H and O–H groups in total. The van der Waals surface area contributed by atoms with E-state index in [0.29, 0.717) is 34.9 Å². The van der Waals surface area contributed by atoms with Gasteiger partial charge in [0.25, 0.3) is 0 Å². The van der Waals surface area contributed by atoms with Crippen molar-refractivity contribution in [3.8, 4) is 11.5 Å². The van der Waals surface area contributed by atoms with Gasteiger partial charge in [0, 0.05) is 23.9 Å². The molecule has 0 saturated heterocycles. The van der Waals surface area contributed by atoms with Crippen molar-refractivity contribution in [2.45, 2.75) is 38.2 Å². The van der Waals surface area contributed by atoms with E-state index in [4.69, 9.17) is 9.47 Å². The molecule has 1 aromatic carbocycles. The number of methoxy groups -OCH3 is 1. The lowest BCUT2D eigenvalue weighted by Crippen LogP contribution is -2.13. The molecular weight excluding hydrogens is 310 g/mol. The number of imidazole rings is 1. The van der Waals surface area contributed by atoms with Crippen LogP contribution in [0, 0.1) is 0 Å². The highest BCUT2D eigenvalue weighted by Crippen LogP contribution is 2.32. The lowest BCUT2D eigenvalue weighted by atomic mass is 10.1. The third-order valence-corrected chi connectivity index (χ3v) is 4.22. The van der Waals surface area contributed by atoms with E-state index in [1.54, 1.807) is 25.4 Å². The Bertz CT molecular complexity index is 772. The van der Waals surface area contributed by atoms with E-state index >= 15 is 0 Å². The second kappa shape index (κ2) is 7.25. The molecule has 0 atom stereocenters. The van der Waals surface area contributed by atoms with Gasteiger partial charge in [0.15, 0.2) is 11.5 Å². The number of H-pyrrole nitrogens is 2. The molecule has 0 amide bonds. The Labute approximate surface area is 139 Å². The van der Waals surface area contributed by atoms with Gasteiger partial charge < -0.3 is 24.6 Å². The number of hydrogen-bond donors (Lipinski definition) is 3. The second-order valence-electron chi connectivity index (χ2n) is 5.88. The third-order valence-electron chi connectivity index (χ3n) is 4.22. The molecule has 128 valence electrons. The zero-order valence-corrected chi connectivity index (χ0v) is 13.5. The molecule has 24 heavy (non-hydrogen) atoms. The van der Waals surface area contributed by atoms with Crippen LogP contribution in [0.3, 0.4) is 0 Å². The van der Waals surface area contributed by atoms with E-state index < -0.39 is 0 Å². The fourth-order valence-electron chi connectivity index (χ4n) is 2.98. The number of aromatic amines is 2. The number of aromatic nitrogens is 2. The summed E-state index contributed by atoms with van der Waals surface area (Å²) in [6, 6.07) is 5.42. The van der Waals surface area contributed by atoms with Crippen molar-refractivity contribution in [1.82, 2.24) is 9.97 Å². The van der Waals surface area contributed by atoms with Gasteiger partial charge in [0.2, 0.25) is 0 Å². The number of benzene rings is 1. The SMILES string of the molecule is COc1ccc(C(Cc2c[nH]c(=O)[nH]2)=NO)cc1OC1CCCC1. The van der Waals surface area contributed by atoms with Gasteiger partial charge in [-0.1, -0.05) is 5.16 Å². The van der Waals surface area contributed by atoms with Crippen LogP contribution in [0.1, 0.15) is 36.9 Å². The number of nitrogens with zero attached hydrogens (tertiary/aromatic N) is 1. The summed E-state index contributed by atoms with van der Waals surface area (Å²) in [5.74, 6) is 1.30. The largest absolute Gasteiger partial charge is 0.493 e. The first-order chi connectivity index (χ1) is 11.7. The zero-order valence-electron chi connectivity index (χ0n) is 13.5. The van der Waals surface area contributed by atoms with Crippen molar-refractivity contribution in [2.75, 3.05) is 7.11 Å². The maximum atomic E-state index is 11.2. The standard InChI is InChI=1S/C17H21N3O4/c1-23-15-7-6-11(8-16(15)24-13-4-2-3-5-13)14(20-22)9-12-10-18-17(21)19-12/h6-8,10,13,22H,2-5,9H2,1H3,(H2,18,19,21). The average molecular weight is 331 g/mol. The molecular formula is C17H21N3O4. The quantitative estimate of drug-likeness (QED) is 0.430. The average Bonchev–Trinajstić information content (AvgIpc) is 3.24. The second-order valence-corrected chi connectivity index (χ2v) is 5.88. The molecule has 0 aliphatic heterocycles. The van der Waals surface area contributed by atoms with Crippen LogP contribution in [-0.4, -0.2) is 34.1 Å². The molecule has 1 aliphatic rings. The van der Waals surface area contributed by atoms with E-state index in [1.165, 1.54) is 12.8 Å². The van der Waals surface area contributed by atoms with Crippen LogP contribution >= 0.6 is 0 Å². The topological polar surface area (TPSA) is 99.7 Å². The Morgan fingerprint density at radius 3 is 2.75 bits per heavy atom. The summed E-state index contributed by atoms with van der Waals surface area (Å²) in [6.07, 6.45) is 6.49. The summed E-state index contributed by atoms with van der Waals surface area (Å²) in [7, 11) is 1.60. The minimum atomic E-state index is -0.290. The minimum absolute atomic E-state index is 0.199. The number of nitrogens with one attached hydrogen (secondary N) is 2. The molecule has 0 radical (unpaired) electrons. The van der Waals surface area contributed by atoms with Crippen LogP contribution in [0.2, 0.25) is 0 Å². The Kier molecular flexibility index (Phi) is 4.88. The van der Waals surface area contributed by atoms with Crippen LogP contribution < -0.4 is 15.2 Å². The first kappa shape index (κ1) is 16.2. The van der Waals surface area contributed by atoms with Crippen LogP contribution in [0.25, 0.3) is 0 Å². The van der Waals surface area contributed by atoms with Crippen LogP contribution in [0.15, 0.2) is 34.3 Å². The molecule has 3 rings (SSSR count). The van der Waals surface area contributed by atoms with Gasteiger partial charge in [0.05, 0.1) is 18.9 Å². The van der Waals surface area contributed by atoms with Gasteiger partial charge in [-0.15, -0.1) is 0 Å². The number of oxime groups is 1. The highest BCUT2D eigenvalue weighted by atomic mass is 16.5. The number of rotatable bonds is 6. The first-order valence-corrected chi connectivity index (χ1v) is 8.02. The van der Waals surface area contributed by atoms with Crippen molar-refractivity contribution in [2.24, 2.45) is 5.16 Å². The molecule has 7 heteroatoms. The molecule has 1 aromatic heterocycles. The van der Waals surface area contributed by atoms with Crippen LogP contribution in [0.5, 0.6) is 11.5 Å². The molecule has 1 aliphatic carbocycles. The van der Waals surface area contributed by atoms with E-state index in [0.717, 1.165) is 12.8 Å². The fraction of sp³-hybridized carbons (Fsp3) is 0.412. The van der Waals surface area contributed by atoms with Gasteiger partial charge in [-0.25, -0.2) is 4.79 Å². The zero-order chi connectivity index (χ0) is 16.9. The monoisotopic (exact) mass is 331 g/mol. The Balaban J connectivity index is 1.84. The predicted octanol–water partition coefficient (Wildman–Crippen LogP) is 2.45. The molecule has 2 aromatic rings. The molecule has 7 nitrogen and oxygen atoms in total. The van der Waals surface area contributed by atoms with Gasteiger partial charge >= 0.3 is 5.69 Å². The van der Waals surface area contributed by atoms with Crippen LogP contribution in [0.4, 0.5) is 0 Å². The highest BCUT2D eigenvalue weighted by Gasteiger charge is 2.19. The molecule has 1 fully saturated rings. The number of ether oxygens (including phenoxy) is 2. The Morgan fingerprint density at radius 1 is 1.33 bits per heavy atom. The van der Waals surface area contributed by atoms with E-state index in [9.17, 15) is 10.0 Å². The molecule has 0 bridgehead atoms. The first-order valence-electron chi connectivity index (χ1n) is 8.02. The van der Waals surface area contributed by atoms with Gasteiger partial charge in [-0.05, 0) is 43.9 Å². The summed E-state index contributed by atoms with van der Waals surface area (Å²) < 4.78 is 11.4. The molecule has 0 unspecified atom stereocenters. The van der Waals surface area contributed by atoms with E-state index in [1.807, 2.05) is 6.07 Å². The molecule has 1 saturated carbocycles. The molecule has 0 spiro atoms. The van der Waals surface area contributed by atoms with Gasteiger partial charge in [-0.2, -0.15) is 0 Å². The maximum Gasteiger partial charge on any atom is 0.323 e. The Morgan fingerprint density at radius 2 is 2.12 bits per heavy atom. The normalized spacial score (nSPS) is 15.6. The van der Waals surface area contributed by atoms with Crippen LogP contribution in [-0.2, 0) is 6.42 Å². The minimum Gasteiger partial charge on any atom is -0.493 e. The predicted molar refractivity (Wildman–Crippen MR) is 89.3 cm³/mol. The van der Waals surface area contributed by atoms with E-state index in [-0.39, 0.29) is 11.8 Å². The summed E-state index contributed by atoms with van der Waals surface area (Å²) in [5, 5.41) is 12.7. The van der Waals surface area contributed by atoms with Crippen molar-refractivity contribution >= 4 is 5.71 Å². The van der Waals surface area contributed by atoms with Crippen molar-refractivity contribution < 1.29 is 14.7 Å². The van der Waals surface area contributed by atoms with E-state index in [2.05, 4.69) is 15.1 Å². The van der Waals surface area contributed by atoms with Crippen molar-refractivity contribution in [3.05, 3.63) is 46.1 Å². The molecule has 1 heterocycles.